The van der Waals surface area contributed by atoms with Crippen LogP contribution in [0.3, 0.4) is 0 Å². The molecule has 0 saturated carbocycles. The van der Waals surface area contributed by atoms with Crippen molar-refractivity contribution in [3.05, 3.63) is 24.0 Å². The number of anilines is 1. The van der Waals surface area contributed by atoms with Crippen molar-refractivity contribution in [2.45, 2.75) is 32.2 Å². The number of hydrogen-bond donors (Lipinski definition) is 1. The number of pyridine rings is 1. The predicted molar refractivity (Wildman–Crippen MR) is 72.3 cm³/mol. The minimum absolute atomic E-state index is 0.475. The highest BCUT2D eigenvalue weighted by Gasteiger charge is 2.16. The molecular weight excluding hydrogens is 224 g/mol. The van der Waals surface area contributed by atoms with Gasteiger partial charge < -0.3 is 5.32 Å². The summed E-state index contributed by atoms with van der Waals surface area (Å²) in [4.78, 5) is 6.56. The summed E-state index contributed by atoms with van der Waals surface area (Å²) in [5.74, 6) is 0. The molecule has 1 aliphatic heterocycles. The average Bonchev–Trinajstić information content (AvgIpc) is 2.46. The average molecular weight is 244 g/mol. The standard InChI is InChI=1S/C14H20N4/c1-12(18-8-3-2-4-9-18)11-17-13-6-5-7-16-14(13)10-15/h5-7,12,17H,2-4,8-9,11H2,1H3. The van der Waals surface area contributed by atoms with Gasteiger partial charge in [0.15, 0.2) is 5.69 Å². The number of aromatic nitrogens is 1. The Morgan fingerprint density at radius 2 is 2.22 bits per heavy atom. The lowest BCUT2D eigenvalue weighted by Gasteiger charge is -2.32. The maximum Gasteiger partial charge on any atom is 0.163 e. The Bertz CT molecular complexity index is 418. The summed E-state index contributed by atoms with van der Waals surface area (Å²) >= 11 is 0. The molecule has 2 heterocycles. The number of rotatable bonds is 4. The smallest absolute Gasteiger partial charge is 0.163 e. The van der Waals surface area contributed by atoms with Gasteiger partial charge in [-0.1, -0.05) is 6.42 Å². The van der Waals surface area contributed by atoms with Crippen molar-refractivity contribution < 1.29 is 0 Å². The van der Waals surface area contributed by atoms with E-state index in [1.807, 2.05) is 12.1 Å². The van der Waals surface area contributed by atoms with Gasteiger partial charge in [0.05, 0.1) is 5.69 Å². The summed E-state index contributed by atoms with van der Waals surface area (Å²) in [6.07, 6.45) is 5.62. The van der Waals surface area contributed by atoms with Gasteiger partial charge in [0.2, 0.25) is 0 Å². The first-order valence-electron chi connectivity index (χ1n) is 6.64. The Balaban J connectivity index is 1.88. The SMILES string of the molecule is CC(CNc1cccnc1C#N)N1CCCCC1. The molecule has 18 heavy (non-hydrogen) atoms. The van der Waals surface area contributed by atoms with Crippen molar-refractivity contribution in [3.8, 4) is 6.07 Å². The second-order valence-corrected chi connectivity index (χ2v) is 4.84. The first kappa shape index (κ1) is 12.8. The van der Waals surface area contributed by atoms with Crippen LogP contribution in [0, 0.1) is 11.3 Å². The van der Waals surface area contributed by atoms with E-state index in [4.69, 9.17) is 5.26 Å². The van der Waals surface area contributed by atoms with Crippen LogP contribution in [0.2, 0.25) is 0 Å². The van der Waals surface area contributed by atoms with Gasteiger partial charge in [-0.15, -0.1) is 0 Å². The summed E-state index contributed by atoms with van der Waals surface area (Å²) in [5.41, 5.74) is 1.31. The molecule has 96 valence electrons. The zero-order valence-corrected chi connectivity index (χ0v) is 10.9. The Morgan fingerprint density at radius 3 is 2.94 bits per heavy atom. The molecule has 1 aromatic rings. The van der Waals surface area contributed by atoms with Gasteiger partial charge in [0, 0.05) is 18.8 Å². The zero-order valence-electron chi connectivity index (χ0n) is 10.9. The van der Waals surface area contributed by atoms with E-state index in [1.165, 1.54) is 32.4 Å². The minimum Gasteiger partial charge on any atom is -0.381 e. The van der Waals surface area contributed by atoms with Crippen LogP contribution in [0.25, 0.3) is 0 Å². The summed E-state index contributed by atoms with van der Waals surface area (Å²) in [6, 6.07) is 6.38. The Labute approximate surface area is 109 Å². The molecule has 1 fully saturated rings. The van der Waals surface area contributed by atoms with Crippen LogP contribution in [0.1, 0.15) is 31.9 Å². The van der Waals surface area contributed by atoms with Gasteiger partial charge in [0.1, 0.15) is 6.07 Å². The quantitative estimate of drug-likeness (QED) is 0.882. The number of hydrogen-bond acceptors (Lipinski definition) is 4. The first-order valence-corrected chi connectivity index (χ1v) is 6.64. The van der Waals surface area contributed by atoms with Crippen LogP contribution in [0.4, 0.5) is 5.69 Å². The van der Waals surface area contributed by atoms with E-state index >= 15 is 0 Å². The third-order valence-electron chi connectivity index (χ3n) is 3.52. The fraction of sp³-hybridized carbons (Fsp3) is 0.571. The van der Waals surface area contributed by atoms with Gasteiger partial charge in [-0.3, -0.25) is 4.90 Å². The molecule has 0 aromatic carbocycles. The highest BCUT2D eigenvalue weighted by atomic mass is 15.2. The zero-order chi connectivity index (χ0) is 12.8. The second kappa shape index (κ2) is 6.36. The molecule has 4 nitrogen and oxygen atoms in total. The molecule has 4 heteroatoms. The largest absolute Gasteiger partial charge is 0.381 e. The molecule has 1 atom stereocenters. The lowest BCUT2D eigenvalue weighted by molar-refractivity contribution is 0.180. The molecule has 1 unspecified atom stereocenters. The first-order chi connectivity index (χ1) is 8.81. The molecule has 0 spiro atoms. The Hall–Kier alpha value is -1.60. The number of likely N-dealkylation sites (tertiary alicyclic amines) is 1. The number of piperidine rings is 1. The second-order valence-electron chi connectivity index (χ2n) is 4.84. The molecule has 0 aliphatic carbocycles. The van der Waals surface area contributed by atoms with Crippen LogP contribution in [0.5, 0.6) is 0 Å². The van der Waals surface area contributed by atoms with Crippen molar-refractivity contribution in [2.24, 2.45) is 0 Å². The third-order valence-corrected chi connectivity index (χ3v) is 3.52. The van der Waals surface area contributed by atoms with Gasteiger partial charge in [-0.2, -0.15) is 5.26 Å². The molecule has 1 aliphatic rings. The summed E-state index contributed by atoms with van der Waals surface area (Å²) in [5, 5.41) is 12.3. The lowest BCUT2D eigenvalue weighted by Crippen LogP contribution is -2.41. The number of nitrogens with zero attached hydrogens (tertiary/aromatic N) is 3. The molecular formula is C14H20N4. The molecule has 0 amide bonds. The van der Waals surface area contributed by atoms with E-state index < -0.39 is 0 Å². The molecule has 2 rings (SSSR count). The van der Waals surface area contributed by atoms with Crippen molar-refractivity contribution >= 4 is 5.69 Å². The van der Waals surface area contributed by atoms with Crippen LogP contribution in [0.15, 0.2) is 18.3 Å². The number of nitrogens with one attached hydrogen (secondary N) is 1. The maximum absolute atomic E-state index is 8.97. The van der Waals surface area contributed by atoms with Gasteiger partial charge in [-0.05, 0) is 45.0 Å². The van der Waals surface area contributed by atoms with Crippen molar-refractivity contribution in [2.75, 3.05) is 25.0 Å². The normalized spacial score (nSPS) is 18.0. The lowest BCUT2D eigenvalue weighted by atomic mass is 10.1. The third kappa shape index (κ3) is 3.21. The summed E-state index contributed by atoms with van der Waals surface area (Å²) in [6.45, 7) is 5.49. The van der Waals surface area contributed by atoms with E-state index in [9.17, 15) is 0 Å². The number of nitriles is 1. The predicted octanol–water partition coefficient (Wildman–Crippen LogP) is 2.24. The molecule has 1 N–H and O–H groups in total. The fourth-order valence-electron chi connectivity index (χ4n) is 2.38. The topological polar surface area (TPSA) is 52.0 Å². The van der Waals surface area contributed by atoms with E-state index in [0.29, 0.717) is 11.7 Å². The van der Waals surface area contributed by atoms with E-state index in [2.05, 4.69) is 28.2 Å². The van der Waals surface area contributed by atoms with Crippen LogP contribution < -0.4 is 5.32 Å². The fourth-order valence-corrected chi connectivity index (χ4v) is 2.38. The van der Waals surface area contributed by atoms with E-state index in [-0.39, 0.29) is 0 Å². The maximum atomic E-state index is 8.97. The van der Waals surface area contributed by atoms with E-state index in [1.54, 1.807) is 6.20 Å². The monoisotopic (exact) mass is 244 g/mol. The van der Waals surface area contributed by atoms with Crippen LogP contribution in [-0.4, -0.2) is 35.6 Å². The van der Waals surface area contributed by atoms with Crippen LogP contribution in [-0.2, 0) is 0 Å². The van der Waals surface area contributed by atoms with Crippen molar-refractivity contribution in [1.82, 2.24) is 9.88 Å². The minimum atomic E-state index is 0.475. The molecule has 1 saturated heterocycles. The van der Waals surface area contributed by atoms with Crippen molar-refractivity contribution in [3.63, 3.8) is 0 Å². The molecule has 0 bridgehead atoms. The van der Waals surface area contributed by atoms with Gasteiger partial charge >= 0.3 is 0 Å². The summed E-state index contributed by atoms with van der Waals surface area (Å²) < 4.78 is 0. The highest BCUT2D eigenvalue weighted by Crippen LogP contribution is 2.14. The van der Waals surface area contributed by atoms with Crippen LogP contribution >= 0.6 is 0 Å². The van der Waals surface area contributed by atoms with E-state index in [0.717, 1.165) is 12.2 Å². The molecule has 1 aromatic heterocycles. The highest BCUT2D eigenvalue weighted by molar-refractivity contribution is 5.53. The van der Waals surface area contributed by atoms with Crippen molar-refractivity contribution in [1.29, 1.82) is 5.26 Å². The van der Waals surface area contributed by atoms with Gasteiger partial charge in [-0.25, -0.2) is 4.98 Å². The van der Waals surface area contributed by atoms with Gasteiger partial charge in [0.25, 0.3) is 0 Å². The summed E-state index contributed by atoms with van der Waals surface area (Å²) in [7, 11) is 0. The Morgan fingerprint density at radius 1 is 1.44 bits per heavy atom. The Kier molecular flexibility index (Phi) is 4.54. The molecule has 0 radical (unpaired) electrons.